The molecule has 3 heteroatoms. The van der Waals surface area contributed by atoms with E-state index in [0.29, 0.717) is 6.42 Å². The van der Waals surface area contributed by atoms with E-state index in [2.05, 4.69) is 26.6 Å². The van der Waals surface area contributed by atoms with E-state index in [0.717, 1.165) is 23.4 Å². The Morgan fingerprint density at radius 3 is 2.47 bits per heavy atom. The van der Waals surface area contributed by atoms with Crippen LogP contribution in [0.1, 0.15) is 36.5 Å². The zero-order chi connectivity index (χ0) is 13.1. The molecule has 0 spiro atoms. The number of rotatable bonds is 5. The van der Waals surface area contributed by atoms with Crippen molar-refractivity contribution >= 4 is 30.6 Å². The van der Waals surface area contributed by atoms with Crippen molar-refractivity contribution in [1.29, 1.82) is 0 Å². The number of Topliss-reactive ketones (excluding diaryl/α,β-unsaturated/α-hetero) is 1. The third-order valence-corrected chi connectivity index (χ3v) is 5.11. The summed E-state index contributed by atoms with van der Waals surface area (Å²) < 4.78 is 0. The van der Waals surface area contributed by atoms with Crippen LogP contribution in [-0.4, -0.2) is 13.9 Å². The topological polar surface area (TPSA) is 17.1 Å². The largest absolute Gasteiger partial charge is 0.294 e. The molecule has 0 aliphatic heterocycles. The minimum atomic E-state index is -1.52. The molecule has 0 N–H and O–H groups in total. The summed E-state index contributed by atoms with van der Waals surface area (Å²) in [5.41, 5.74) is 0.891. The van der Waals surface area contributed by atoms with Crippen LogP contribution < -0.4 is 5.19 Å². The number of ketones is 1. The zero-order valence-electron chi connectivity index (χ0n) is 11.1. The van der Waals surface area contributed by atoms with Gasteiger partial charge in [-0.1, -0.05) is 50.7 Å². The van der Waals surface area contributed by atoms with E-state index in [1.54, 1.807) is 0 Å². The van der Waals surface area contributed by atoms with E-state index >= 15 is 0 Å². The lowest BCUT2D eigenvalue weighted by Gasteiger charge is -2.20. The smallest absolute Gasteiger partial charge is 0.162 e. The number of benzene rings is 1. The van der Waals surface area contributed by atoms with Crippen molar-refractivity contribution in [3.63, 3.8) is 0 Å². The molecule has 0 radical (unpaired) electrons. The van der Waals surface area contributed by atoms with Crippen LogP contribution >= 0.6 is 11.6 Å². The van der Waals surface area contributed by atoms with Crippen molar-refractivity contribution < 1.29 is 4.79 Å². The van der Waals surface area contributed by atoms with Gasteiger partial charge in [0.2, 0.25) is 0 Å². The summed E-state index contributed by atoms with van der Waals surface area (Å²) in [5, 5.41) is 1.92. The Hall–Kier alpha value is -0.603. The minimum absolute atomic E-state index is 0.265. The van der Waals surface area contributed by atoms with Gasteiger partial charge >= 0.3 is 0 Å². The van der Waals surface area contributed by atoms with E-state index in [9.17, 15) is 4.79 Å². The Balaban J connectivity index is 3.11. The first-order valence-electron chi connectivity index (χ1n) is 6.19. The van der Waals surface area contributed by atoms with Gasteiger partial charge in [-0.2, -0.15) is 0 Å². The van der Waals surface area contributed by atoms with E-state index in [-0.39, 0.29) is 5.78 Å². The standard InChI is InChI=1S/C14H21ClOSi/c1-5-6-7-13(16)12-9-8-11(15)10-14(12)17(2,3)4/h8-10H,5-7H2,1-4H3. The molecule has 1 aromatic carbocycles. The van der Waals surface area contributed by atoms with Gasteiger partial charge in [-0.15, -0.1) is 0 Å². The predicted octanol–water partition coefficient (Wildman–Crippen LogP) is 4.26. The second kappa shape index (κ2) is 5.83. The second-order valence-electron chi connectivity index (χ2n) is 5.47. The van der Waals surface area contributed by atoms with E-state index < -0.39 is 8.07 Å². The van der Waals surface area contributed by atoms with Gasteiger partial charge < -0.3 is 0 Å². The first-order chi connectivity index (χ1) is 7.86. The third-order valence-electron chi connectivity index (χ3n) is 2.85. The maximum atomic E-state index is 12.2. The van der Waals surface area contributed by atoms with Crippen LogP contribution in [0, 0.1) is 0 Å². The summed E-state index contributed by atoms with van der Waals surface area (Å²) in [7, 11) is -1.52. The number of carbonyl (C=O) groups excluding carboxylic acids is 1. The van der Waals surface area contributed by atoms with Crippen LogP contribution in [0.4, 0.5) is 0 Å². The van der Waals surface area contributed by atoms with Gasteiger partial charge in [0.15, 0.2) is 5.78 Å². The molecule has 0 aliphatic carbocycles. The van der Waals surface area contributed by atoms with Crippen LogP contribution in [0.25, 0.3) is 0 Å². The Labute approximate surface area is 110 Å². The normalized spacial score (nSPS) is 11.6. The molecule has 0 atom stereocenters. The van der Waals surface area contributed by atoms with Crippen LogP contribution in [0.3, 0.4) is 0 Å². The lowest BCUT2D eigenvalue weighted by molar-refractivity contribution is 0.0981. The van der Waals surface area contributed by atoms with Gasteiger partial charge in [-0.25, -0.2) is 0 Å². The van der Waals surface area contributed by atoms with E-state index in [1.807, 2.05) is 18.2 Å². The molecule has 0 aromatic heterocycles. The quantitative estimate of drug-likeness (QED) is 0.576. The van der Waals surface area contributed by atoms with Crippen molar-refractivity contribution in [3.8, 4) is 0 Å². The molecular weight excluding hydrogens is 248 g/mol. The van der Waals surface area contributed by atoms with Crippen LogP contribution in [0.5, 0.6) is 0 Å². The van der Waals surface area contributed by atoms with Gasteiger partial charge in [0.25, 0.3) is 0 Å². The molecular formula is C14H21ClOSi. The van der Waals surface area contributed by atoms with Crippen molar-refractivity contribution in [2.45, 2.75) is 45.8 Å². The first kappa shape index (κ1) is 14.5. The van der Waals surface area contributed by atoms with Crippen LogP contribution in [0.15, 0.2) is 18.2 Å². The monoisotopic (exact) mass is 268 g/mol. The summed E-state index contributed by atoms with van der Waals surface area (Å²) in [6.07, 6.45) is 2.67. The first-order valence-corrected chi connectivity index (χ1v) is 10.1. The highest BCUT2D eigenvalue weighted by molar-refractivity contribution is 6.89. The number of halogens is 1. The average Bonchev–Trinajstić information content (AvgIpc) is 2.24. The van der Waals surface area contributed by atoms with Gasteiger partial charge in [-0.3, -0.25) is 4.79 Å². The van der Waals surface area contributed by atoms with Gasteiger partial charge in [-0.05, 0) is 23.7 Å². The molecule has 0 unspecified atom stereocenters. The molecule has 94 valence electrons. The molecule has 1 aromatic rings. The second-order valence-corrected chi connectivity index (χ2v) is 10.9. The number of unbranched alkanes of at least 4 members (excludes halogenated alkanes) is 1. The Morgan fingerprint density at radius 1 is 1.29 bits per heavy atom. The number of hydrogen-bond donors (Lipinski definition) is 0. The fraction of sp³-hybridized carbons (Fsp3) is 0.500. The highest BCUT2D eigenvalue weighted by Crippen LogP contribution is 2.15. The highest BCUT2D eigenvalue weighted by Gasteiger charge is 2.23. The molecule has 0 bridgehead atoms. The van der Waals surface area contributed by atoms with Gasteiger partial charge in [0, 0.05) is 17.0 Å². The average molecular weight is 269 g/mol. The number of carbonyl (C=O) groups is 1. The fourth-order valence-corrected chi connectivity index (χ4v) is 3.74. The summed E-state index contributed by atoms with van der Waals surface area (Å²) in [6, 6.07) is 5.70. The Morgan fingerprint density at radius 2 is 1.94 bits per heavy atom. The lowest BCUT2D eigenvalue weighted by atomic mass is 10.1. The molecule has 17 heavy (non-hydrogen) atoms. The lowest BCUT2D eigenvalue weighted by Crippen LogP contribution is -2.41. The van der Waals surface area contributed by atoms with Crippen molar-refractivity contribution in [1.82, 2.24) is 0 Å². The van der Waals surface area contributed by atoms with Gasteiger partial charge in [0.05, 0.1) is 8.07 Å². The van der Waals surface area contributed by atoms with E-state index in [4.69, 9.17) is 11.6 Å². The molecule has 0 amide bonds. The van der Waals surface area contributed by atoms with E-state index in [1.165, 1.54) is 5.19 Å². The molecule has 0 aliphatic rings. The molecule has 0 saturated carbocycles. The minimum Gasteiger partial charge on any atom is -0.294 e. The maximum Gasteiger partial charge on any atom is 0.162 e. The third kappa shape index (κ3) is 3.97. The summed E-state index contributed by atoms with van der Waals surface area (Å²) in [6.45, 7) is 8.84. The molecule has 0 saturated heterocycles. The Kier molecular flexibility index (Phi) is 4.96. The van der Waals surface area contributed by atoms with Gasteiger partial charge in [0.1, 0.15) is 0 Å². The molecule has 1 nitrogen and oxygen atoms in total. The Bertz CT molecular complexity index is 407. The summed E-state index contributed by atoms with van der Waals surface area (Å²) in [5.74, 6) is 0.265. The van der Waals surface area contributed by atoms with Crippen molar-refractivity contribution in [2.75, 3.05) is 0 Å². The fourth-order valence-electron chi connectivity index (χ4n) is 1.85. The van der Waals surface area contributed by atoms with Crippen molar-refractivity contribution in [3.05, 3.63) is 28.8 Å². The SMILES string of the molecule is CCCCC(=O)c1ccc(Cl)cc1[Si](C)(C)C. The molecule has 0 heterocycles. The summed E-state index contributed by atoms with van der Waals surface area (Å²) in [4.78, 5) is 12.2. The molecule has 1 rings (SSSR count). The highest BCUT2D eigenvalue weighted by atomic mass is 35.5. The van der Waals surface area contributed by atoms with Crippen LogP contribution in [0.2, 0.25) is 24.7 Å². The maximum absolute atomic E-state index is 12.2. The molecule has 0 fully saturated rings. The number of hydrogen-bond acceptors (Lipinski definition) is 1. The van der Waals surface area contributed by atoms with Crippen molar-refractivity contribution in [2.24, 2.45) is 0 Å². The van der Waals surface area contributed by atoms with Crippen LogP contribution in [-0.2, 0) is 0 Å². The zero-order valence-corrected chi connectivity index (χ0v) is 12.9. The summed E-state index contributed by atoms with van der Waals surface area (Å²) >= 11 is 6.04. The predicted molar refractivity (Wildman–Crippen MR) is 78.3 cm³/mol.